The van der Waals surface area contributed by atoms with Gasteiger partial charge in [-0.15, -0.1) is 0 Å². The number of hydrogen-bond donors (Lipinski definition) is 2. The lowest BCUT2D eigenvalue weighted by molar-refractivity contribution is 0.0850. The predicted octanol–water partition coefficient (Wildman–Crippen LogP) is 2.48. The van der Waals surface area contributed by atoms with Crippen molar-refractivity contribution in [1.82, 2.24) is 14.9 Å². The molecule has 2 atom stereocenters. The van der Waals surface area contributed by atoms with Gasteiger partial charge in [0.15, 0.2) is 0 Å². The second kappa shape index (κ2) is 6.42. The van der Waals surface area contributed by atoms with Crippen molar-refractivity contribution >= 4 is 38.4 Å². The van der Waals surface area contributed by atoms with Crippen LogP contribution < -0.4 is 10.9 Å². The van der Waals surface area contributed by atoms with Gasteiger partial charge in [0.1, 0.15) is 0 Å². The number of piperidine rings is 1. The molecule has 0 bridgehead atoms. The minimum Gasteiger partial charge on any atom is -0.392 e. The Labute approximate surface area is 157 Å². The van der Waals surface area contributed by atoms with Crippen LogP contribution in [0.2, 0.25) is 5.02 Å². The van der Waals surface area contributed by atoms with E-state index in [1.165, 1.54) is 10.9 Å². The normalized spacial score (nSPS) is 24.6. The largest absolute Gasteiger partial charge is 0.392 e. The lowest BCUT2D eigenvalue weighted by Gasteiger charge is -2.30. The molecule has 0 saturated carbocycles. The molecule has 2 aliphatic heterocycles. The Morgan fingerprint density at radius 1 is 1.44 bits per heavy atom. The van der Waals surface area contributed by atoms with E-state index in [1.54, 1.807) is 12.1 Å². The summed E-state index contributed by atoms with van der Waals surface area (Å²) in [6, 6.07) is 3.29. The molecule has 0 amide bonds. The van der Waals surface area contributed by atoms with Crippen molar-refractivity contribution in [1.29, 1.82) is 0 Å². The Balaban J connectivity index is 1.59. The quantitative estimate of drug-likeness (QED) is 0.785. The molecular formula is C16H17BrClN5O2. The Morgan fingerprint density at radius 3 is 2.96 bits per heavy atom. The Kier molecular flexibility index (Phi) is 4.39. The number of halogens is 2. The van der Waals surface area contributed by atoms with Gasteiger partial charge in [0.25, 0.3) is 5.56 Å². The van der Waals surface area contributed by atoms with Crippen molar-refractivity contribution < 1.29 is 5.11 Å². The first-order chi connectivity index (χ1) is 12.0. The fraction of sp³-hybridized carbons (Fsp3) is 0.500. The maximum Gasteiger partial charge on any atom is 0.261 e. The number of aliphatic hydroxyl groups excluding tert-OH is 1. The minimum atomic E-state index is -0.658. The average Bonchev–Trinajstić information content (AvgIpc) is 3.34. The van der Waals surface area contributed by atoms with Crippen LogP contribution in [0.4, 0.5) is 0 Å². The first-order valence-electron chi connectivity index (χ1n) is 8.17. The maximum atomic E-state index is 12.8. The summed E-state index contributed by atoms with van der Waals surface area (Å²) in [4.78, 5) is 17.1. The van der Waals surface area contributed by atoms with Gasteiger partial charge in [-0.1, -0.05) is 11.6 Å². The smallest absolute Gasteiger partial charge is 0.261 e. The van der Waals surface area contributed by atoms with Crippen molar-refractivity contribution in [2.24, 2.45) is 10.2 Å². The third-order valence-electron chi connectivity index (χ3n) is 4.77. The van der Waals surface area contributed by atoms with Crippen molar-refractivity contribution in [3.05, 3.63) is 38.3 Å². The van der Waals surface area contributed by atoms with E-state index in [0.717, 1.165) is 19.4 Å². The van der Waals surface area contributed by atoms with E-state index in [4.69, 9.17) is 11.6 Å². The van der Waals surface area contributed by atoms with Gasteiger partial charge in [-0.3, -0.25) is 9.36 Å². The molecule has 7 nitrogen and oxygen atoms in total. The molecule has 1 saturated heterocycles. The first kappa shape index (κ1) is 17.1. The van der Waals surface area contributed by atoms with Gasteiger partial charge in [-0.05, 0) is 47.4 Å². The average molecular weight is 427 g/mol. The summed E-state index contributed by atoms with van der Waals surface area (Å²) < 4.78 is 2.22. The first-order valence-corrected chi connectivity index (χ1v) is 9.34. The molecule has 2 aromatic rings. The fourth-order valence-electron chi connectivity index (χ4n) is 3.32. The molecule has 0 spiro atoms. The second-order valence-electron chi connectivity index (χ2n) is 6.62. The summed E-state index contributed by atoms with van der Waals surface area (Å²) in [5, 5.41) is 22.7. The van der Waals surface area contributed by atoms with Crippen molar-refractivity contribution in [2.75, 3.05) is 6.54 Å². The molecule has 3 heterocycles. The lowest BCUT2D eigenvalue weighted by atomic mass is 9.93. The number of benzene rings is 1. The summed E-state index contributed by atoms with van der Waals surface area (Å²) in [6.45, 7) is 1.19. The predicted molar refractivity (Wildman–Crippen MR) is 97.9 cm³/mol. The van der Waals surface area contributed by atoms with E-state index in [-0.39, 0.29) is 11.6 Å². The highest BCUT2D eigenvalue weighted by Crippen LogP contribution is 2.36. The molecule has 1 aromatic heterocycles. The van der Waals surface area contributed by atoms with E-state index in [0.29, 0.717) is 33.4 Å². The van der Waals surface area contributed by atoms with E-state index in [9.17, 15) is 9.90 Å². The van der Waals surface area contributed by atoms with Gasteiger partial charge in [0.05, 0.1) is 34.9 Å². The van der Waals surface area contributed by atoms with Crippen molar-refractivity contribution in [3.8, 4) is 0 Å². The zero-order valence-corrected chi connectivity index (χ0v) is 15.7. The van der Waals surface area contributed by atoms with Crippen LogP contribution in [0.15, 0.2) is 38.0 Å². The van der Waals surface area contributed by atoms with Crippen LogP contribution >= 0.6 is 27.5 Å². The van der Waals surface area contributed by atoms with E-state index >= 15 is 0 Å². The Hall–Kier alpha value is -1.35. The maximum absolute atomic E-state index is 12.8. The highest BCUT2D eigenvalue weighted by Gasteiger charge is 2.44. The Bertz CT molecular complexity index is 909. The van der Waals surface area contributed by atoms with Gasteiger partial charge in [0.2, 0.25) is 5.66 Å². The molecule has 25 heavy (non-hydrogen) atoms. The van der Waals surface area contributed by atoms with Gasteiger partial charge in [0, 0.05) is 16.9 Å². The highest BCUT2D eigenvalue weighted by atomic mass is 79.9. The SMILES string of the molecule is O=c1c2cc(Cl)c(Br)cc2ncn1CC1(C[C@@H]2NCCC[C@H]2O)N=N1. The number of hydrogen-bond acceptors (Lipinski definition) is 6. The zero-order valence-electron chi connectivity index (χ0n) is 13.3. The number of nitrogens with one attached hydrogen (secondary N) is 1. The zero-order chi connectivity index (χ0) is 17.6. The van der Waals surface area contributed by atoms with Crippen LogP contribution in [0, 0.1) is 0 Å². The summed E-state index contributed by atoms with van der Waals surface area (Å²) in [5.74, 6) is 0. The molecule has 1 aromatic carbocycles. The van der Waals surface area contributed by atoms with Crippen LogP contribution in [0.3, 0.4) is 0 Å². The molecule has 0 unspecified atom stereocenters. The third kappa shape index (κ3) is 3.36. The number of aliphatic hydroxyl groups is 1. The standard InChI is InChI=1S/C16H17BrClN5O2/c17-10-5-12-9(4-11(10)18)15(25)23(8-20-12)7-16(21-22-16)6-13-14(24)2-1-3-19-13/h4-5,8,13-14,19,24H,1-3,6-7H2/t13-,14+/m0/s1. The number of aromatic nitrogens is 2. The molecule has 9 heteroatoms. The van der Waals surface area contributed by atoms with Crippen molar-refractivity contribution in [2.45, 2.75) is 43.6 Å². The van der Waals surface area contributed by atoms with Crippen LogP contribution in [0.5, 0.6) is 0 Å². The number of nitrogens with zero attached hydrogens (tertiary/aromatic N) is 4. The van der Waals surface area contributed by atoms with Crippen LogP contribution in [-0.4, -0.2) is 39.0 Å². The molecule has 4 rings (SSSR count). The summed E-state index contributed by atoms with van der Waals surface area (Å²) in [5.41, 5.74) is -0.247. The van der Waals surface area contributed by atoms with Crippen LogP contribution in [0.1, 0.15) is 19.3 Å². The molecule has 1 fully saturated rings. The molecule has 2 N–H and O–H groups in total. The highest BCUT2D eigenvalue weighted by molar-refractivity contribution is 9.10. The van der Waals surface area contributed by atoms with Crippen molar-refractivity contribution in [3.63, 3.8) is 0 Å². The van der Waals surface area contributed by atoms with Gasteiger partial charge < -0.3 is 10.4 Å². The number of fused-ring (bicyclic) bond motifs is 1. The molecular weight excluding hydrogens is 410 g/mol. The summed E-state index contributed by atoms with van der Waals surface area (Å²) in [7, 11) is 0. The molecule has 132 valence electrons. The van der Waals surface area contributed by atoms with E-state index in [2.05, 4.69) is 36.5 Å². The number of rotatable bonds is 4. The minimum absolute atomic E-state index is 0.0572. The van der Waals surface area contributed by atoms with Crippen LogP contribution in [0.25, 0.3) is 10.9 Å². The van der Waals surface area contributed by atoms with E-state index in [1.807, 2.05) is 0 Å². The Morgan fingerprint density at radius 2 is 2.24 bits per heavy atom. The monoisotopic (exact) mass is 425 g/mol. The molecule has 0 aliphatic carbocycles. The van der Waals surface area contributed by atoms with E-state index < -0.39 is 11.8 Å². The third-order valence-corrected chi connectivity index (χ3v) is 5.96. The van der Waals surface area contributed by atoms with Gasteiger partial charge >= 0.3 is 0 Å². The van der Waals surface area contributed by atoms with Gasteiger partial charge in [-0.2, -0.15) is 10.2 Å². The van der Waals surface area contributed by atoms with Gasteiger partial charge in [-0.25, -0.2) is 4.98 Å². The molecule has 2 aliphatic rings. The summed E-state index contributed by atoms with van der Waals surface area (Å²) in [6.07, 6.45) is 3.42. The second-order valence-corrected chi connectivity index (χ2v) is 7.88. The molecule has 0 radical (unpaired) electrons. The van der Waals surface area contributed by atoms with Crippen LogP contribution in [-0.2, 0) is 6.54 Å². The lowest BCUT2D eigenvalue weighted by Crippen LogP contribution is -2.48. The summed E-state index contributed by atoms with van der Waals surface area (Å²) >= 11 is 9.44. The topological polar surface area (TPSA) is 91.9 Å². The fourth-order valence-corrected chi connectivity index (χ4v) is 3.81.